The van der Waals surface area contributed by atoms with Crippen molar-refractivity contribution in [3.05, 3.63) is 29.6 Å². The summed E-state index contributed by atoms with van der Waals surface area (Å²) in [5, 5.41) is 12.7. The van der Waals surface area contributed by atoms with E-state index in [9.17, 15) is 14.3 Å². The number of nitrogens with zero attached hydrogens (tertiary/aromatic N) is 1. The standard InChI is InChI=1S/C16H23FN2O3/c1-16(2,21)10-19(3)15(20)18-13-5-4-8-22-14-9-11(17)6-7-12(13)14/h6-7,9,13,21H,4-5,8,10H2,1-3H3,(H,18,20)/t13-/m1/s1. The zero-order chi connectivity index (χ0) is 16.3. The molecular formula is C16H23FN2O3. The first kappa shape index (κ1) is 16.5. The number of hydrogen-bond donors (Lipinski definition) is 2. The maximum Gasteiger partial charge on any atom is 0.317 e. The molecular weight excluding hydrogens is 287 g/mol. The SMILES string of the molecule is CN(CC(C)(C)O)C(=O)N[C@@H]1CCCOc2cc(F)ccc21. The first-order valence-electron chi connectivity index (χ1n) is 7.42. The second kappa shape index (κ2) is 6.52. The molecule has 0 radical (unpaired) electrons. The molecule has 0 aromatic heterocycles. The van der Waals surface area contributed by atoms with Crippen LogP contribution in [0.15, 0.2) is 18.2 Å². The van der Waals surface area contributed by atoms with Gasteiger partial charge in [0.1, 0.15) is 11.6 Å². The first-order chi connectivity index (χ1) is 10.3. The Hall–Kier alpha value is -1.82. The van der Waals surface area contributed by atoms with Crippen molar-refractivity contribution >= 4 is 6.03 Å². The maximum atomic E-state index is 13.3. The van der Waals surface area contributed by atoms with E-state index in [1.54, 1.807) is 27.0 Å². The fraction of sp³-hybridized carbons (Fsp3) is 0.562. The van der Waals surface area contributed by atoms with Gasteiger partial charge in [-0.2, -0.15) is 0 Å². The molecule has 5 nitrogen and oxygen atoms in total. The van der Waals surface area contributed by atoms with Crippen LogP contribution in [0.25, 0.3) is 0 Å². The van der Waals surface area contributed by atoms with Gasteiger partial charge < -0.3 is 20.1 Å². The van der Waals surface area contributed by atoms with E-state index in [1.807, 2.05) is 0 Å². The van der Waals surface area contributed by atoms with Gasteiger partial charge in [-0.05, 0) is 32.8 Å². The fourth-order valence-corrected chi connectivity index (χ4v) is 2.61. The molecule has 1 aliphatic rings. The van der Waals surface area contributed by atoms with Crippen molar-refractivity contribution in [3.63, 3.8) is 0 Å². The molecule has 2 N–H and O–H groups in total. The topological polar surface area (TPSA) is 61.8 Å². The predicted molar refractivity (Wildman–Crippen MR) is 81.3 cm³/mol. The summed E-state index contributed by atoms with van der Waals surface area (Å²) in [5.41, 5.74) is -0.177. The molecule has 0 aliphatic carbocycles. The number of benzene rings is 1. The normalized spacial score (nSPS) is 18.0. The van der Waals surface area contributed by atoms with Crippen molar-refractivity contribution in [1.82, 2.24) is 10.2 Å². The van der Waals surface area contributed by atoms with Crippen molar-refractivity contribution in [1.29, 1.82) is 0 Å². The third-order valence-corrected chi connectivity index (χ3v) is 3.51. The third kappa shape index (κ3) is 4.34. The molecule has 22 heavy (non-hydrogen) atoms. The van der Waals surface area contributed by atoms with Gasteiger partial charge in [-0.3, -0.25) is 0 Å². The van der Waals surface area contributed by atoms with Gasteiger partial charge in [-0.15, -0.1) is 0 Å². The van der Waals surface area contributed by atoms with E-state index in [1.165, 1.54) is 17.0 Å². The zero-order valence-corrected chi connectivity index (χ0v) is 13.2. The minimum Gasteiger partial charge on any atom is -0.493 e. The van der Waals surface area contributed by atoms with E-state index < -0.39 is 5.60 Å². The van der Waals surface area contributed by atoms with Crippen LogP contribution in [0.5, 0.6) is 5.75 Å². The lowest BCUT2D eigenvalue weighted by Gasteiger charge is -2.28. The van der Waals surface area contributed by atoms with E-state index in [0.29, 0.717) is 12.4 Å². The summed E-state index contributed by atoms with van der Waals surface area (Å²) in [7, 11) is 1.63. The number of likely N-dealkylation sites (N-methyl/N-ethyl adjacent to an activating group) is 1. The maximum absolute atomic E-state index is 13.3. The number of rotatable bonds is 3. The number of hydrogen-bond acceptors (Lipinski definition) is 3. The molecule has 1 aromatic carbocycles. The molecule has 1 aliphatic heterocycles. The lowest BCUT2D eigenvalue weighted by atomic mass is 10.0. The minimum atomic E-state index is -0.959. The van der Waals surface area contributed by atoms with Crippen LogP contribution in [-0.2, 0) is 0 Å². The molecule has 0 saturated carbocycles. The molecule has 2 amide bonds. The van der Waals surface area contributed by atoms with Crippen molar-refractivity contribution in [2.24, 2.45) is 0 Å². The molecule has 6 heteroatoms. The largest absolute Gasteiger partial charge is 0.493 e. The van der Waals surface area contributed by atoms with Crippen molar-refractivity contribution in [2.45, 2.75) is 38.3 Å². The Kier molecular flexibility index (Phi) is 4.90. The van der Waals surface area contributed by atoms with E-state index in [0.717, 1.165) is 18.4 Å². The van der Waals surface area contributed by atoms with Gasteiger partial charge in [0, 0.05) is 18.7 Å². The first-order valence-corrected chi connectivity index (χ1v) is 7.42. The van der Waals surface area contributed by atoms with E-state index in [2.05, 4.69) is 5.32 Å². The summed E-state index contributed by atoms with van der Waals surface area (Å²) in [5.74, 6) is 0.123. The summed E-state index contributed by atoms with van der Waals surface area (Å²) >= 11 is 0. The Labute approximate surface area is 130 Å². The molecule has 1 atom stereocenters. The Morgan fingerprint density at radius 1 is 1.55 bits per heavy atom. The monoisotopic (exact) mass is 310 g/mol. The molecule has 0 fully saturated rings. The second-order valence-electron chi connectivity index (χ2n) is 6.34. The molecule has 0 spiro atoms. The predicted octanol–water partition coefficient (Wildman–Crippen LogP) is 2.45. The van der Waals surface area contributed by atoms with Crippen molar-refractivity contribution in [2.75, 3.05) is 20.2 Å². The van der Waals surface area contributed by atoms with Gasteiger partial charge in [0.2, 0.25) is 0 Å². The Bertz CT molecular complexity index is 543. The summed E-state index contributed by atoms with van der Waals surface area (Å²) in [6.45, 7) is 4.02. The molecule has 0 bridgehead atoms. The van der Waals surface area contributed by atoms with Crippen LogP contribution in [0.1, 0.15) is 38.3 Å². The summed E-state index contributed by atoms with van der Waals surface area (Å²) in [6, 6.07) is 3.86. The van der Waals surface area contributed by atoms with E-state index >= 15 is 0 Å². The van der Waals surface area contributed by atoms with E-state index in [-0.39, 0.29) is 24.4 Å². The van der Waals surface area contributed by atoms with Gasteiger partial charge >= 0.3 is 6.03 Å². The number of urea groups is 1. The van der Waals surface area contributed by atoms with Gasteiger partial charge in [-0.25, -0.2) is 9.18 Å². The fourth-order valence-electron chi connectivity index (χ4n) is 2.61. The summed E-state index contributed by atoms with van der Waals surface area (Å²) in [6.07, 6.45) is 1.50. The lowest BCUT2D eigenvalue weighted by Crippen LogP contribution is -2.45. The van der Waals surface area contributed by atoms with Crippen molar-refractivity contribution < 1.29 is 19.0 Å². The number of carbonyl (C=O) groups is 1. The Balaban J connectivity index is 2.11. The molecule has 0 unspecified atom stereocenters. The van der Waals surface area contributed by atoms with Crippen LogP contribution in [0.4, 0.5) is 9.18 Å². The highest BCUT2D eigenvalue weighted by atomic mass is 19.1. The molecule has 2 rings (SSSR count). The average molecular weight is 310 g/mol. The molecule has 1 heterocycles. The van der Waals surface area contributed by atoms with Gasteiger partial charge in [0.05, 0.1) is 24.8 Å². The minimum absolute atomic E-state index is 0.221. The number of aliphatic hydroxyl groups is 1. The summed E-state index contributed by atoms with van der Waals surface area (Å²) in [4.78, 5) is 13.7. The van der Waals surface area contributed by atoms with Crippen LogP contribution in [-0.4, -0.2) is 41.8 Å². The zero-order valence-electron chi connectivity index (χ0n) is 13.2. The molecule has 1 aromatic rings. The Morgan fingerprint density at radius 2 is 2.27 bits per heavy atom. The number of nitrogens with one attached hydrogen (secondary N) is 1. The second-order valence-corrected chi connectivity index (χ2v) is 6.34. The highest BCUT2D eigenvalue weighted by molar-refractivity contribution is 5.74. The van der Waals surface area contributed by atoms with Crippen molar-refractivity contribution in [3.8, 4) is 5.75 Å². The van der Waals surface area contributed by atoms with Crippen LogP contribution in [0.3, 0.4) is 0 Å². The summed E-state index contributed by atoms with van der Waals surface area (Å²) < 4.78 is 18.9. The number of carbonyl (C=O) groups excluding carboxylic acids is 1. The third-order valence-electron chi connectivity index (χ3n) is 3.51. The van der Waals surface area contributed by atoms with Crippen LogP contribution < -0.4 is 10.1 Å². The molecule has 0 saturated heterocycles. The van der Waals surface area contributed by atoms with Gasteiger partial charge in [0.15, 0.2) is 0 Å². The van der Waals surface area contributed by atoms with Gasteiger partial charge in [-0.1, -0.05) is 6.07 Å². The number of ether oxygens (including phenoxy) is 1. The Morgan fingerprint density at radius 3 is 2.95 bits per heavy atom. The molecule has 122 valence electrons. The van der Waals surface area contributed by atoms with Crippen LogP contribution in [0, 0.1) is 5.82 Å². The number of halogens is 1. The number of amides is 2. The van der Waals surface area contributed by atoms with Crippen LogP contribution >= 0.6 is 0 Å². The van der Waals surface area contributed by atoms with E-state index in [4.69, 9.17) is 4.74 Å². The highest BCUT2D eigenvalue weighted by Gasteiger charge is 2.25. The average Bonchev–Trinajstić information content (AvgIpc) is 2.59. The number of fused-ring (bicyclic) bond motifs is 1. The van der Waals surface area contributed by atoms with Gasteiger partial charge in [0.25, 0.3) is 0 Å². The smallest absolute Gasteiger partial charge is 0.317 e. The lowest BCUT2D eigenvalue weighted by molar-refractivity contribution is 0.0527. The highest BCUT2D eigenvalue weighted by Crippen LogP contribution is 2.32. The van der Waals surface area contributed by atoms with Crippen LogP contribution in [0.2, 0.25) is 0 Å². The quantitative estimate of drug-likeness (QED) is 0.901.